The average Bonchev–Trinajstić information content (AvgIpc) is 3.18. The minimum Gasteiger partial charge on any atom is -0.468 e. The van der Waals surface area contributed by atoms with Crippen LogP contribution in [0.3, 0.4) is 0 Å². The summed E-state index contributed by atoms with van der Waals surface area (Å²) >= 11 is 0. The van der Waals surface area contributed by atoms with Crippen LogP contribution in [-0.2, 0) is 6.54 Å². The van der Waals surface area contributed by atoms with Gasteiger partial charge in [0, 0.05) is 19.1 Å². The van der Waals surface area contributed by atoms with E-state index in [9.17, 15) is 0 Å². The normalized spacial score (nSPS) is 22.3. The lowest BCUT2D eigenvalue weighted by molar-refractivity contribution is 0.0898. The van der Waals surface area contributed by atoms with Crippen LogP contribution in [0.1, 0.15) is 50.7 Å². The molecule has 0 radical (unpaired) electrons. The van der Waals surface area contributed by atoms with Crippen molar-refractivity contribution >= 4 is 0 Å². The largest absolute Gasteiger partial charge is 0.468 e. The molecule has 3 rings (SSSR count). The summed E-state index contributed by atoms with van der Waals surface area (Å²) in [5.74, 6) is 1.12. The molecule has 1 aromatic heterocycles. The van der Waals surface area contributed by atoms with Gasteiger partial charge in [-0.25, -0.2) is 0 Å². The molecule has 1 aromatic rings. The lowest BCUT2D eigenvalue weighted by Gasteiger charge is -2.41. The highest BCUT2D eigenvalue weighted by Crippen LogP contribution is 2.39. The zero-order valence-corrected chi connectivity index (χ0v) is 12.7. The van der Waals surface area contributed by atoms with Crippen molar-refractivity contribution in [2.24, 2.45) is 5.41 Å². The molecule has 3 heteroatoms. The Morgan fingerprint density at radius 3 is 2.70 bits per heavy atom. The van der Waals surface area contributed by atoms with Gasteiger partial charge in [-0.1, -0.05) is 19.3 Å². The quantitative estimate of drug-likeness (QED) is 0.827. The lowest BCUT2D eigenvalue weighted by Crippen LogP contribution is -2.45. The van der Waals surface area contributed by atoms with Gasteiger partial charge in [0.1, 0.15) is 5.76 Å². The minimum atomic E-state index is 0.488. The number of furan rings is 1. The van der Waals surface area contributed by atoms with Gasteiger partial charge < -0.3 is 9.73 Å². The summed E-state index contributed by atoms with van der Waals surface area (Å²) in [6.07, 6.45) is 11.5. The Labute approximate surface area is 122 Å². The molecule has 3 nitrogen and oxygen atoms in total. The fraction of sp³-hybridized carbons (Fsp3) is 0.765. The molecule has 0 unspecified atom stereocenters. The van der Waals surface area contributed by atoms with E-state index in [1.165, 1.54) is 51.5 Å². The minimum absolute atomic E-state index is 0.488. The summed E-state index contributed by atoms with van der Waals surface area (Å²) in [4.78, 5) is 2.68. The Morgan fingerprint density at radius 2 is 2.10 bits per heavy atom. The van der Waals surface area contributed by atoms with Gasteiger partial charge in [0.05, 0.1) is 12.8 Å². The van der Waals surface area contributed by atoms with E-state index in [-0.39, 0.29) is 0 Å². The molecular weight excluding hydrogens is 248 g/mol. The van der Waals surface area contributed by atoms with E-state index in [1.807, 2.05) is 6.07 Å². The maximum Gasteiger partial charge on any atom is 0.117 e. The van der Waals surface area contributed by atoms with Crippen LogP contribution in [0.4, 0.5) is 0 Å². The van der Waals surface area contributed by atoms with Gasteiger partial charge in [-0.2, -0.15) is 0 Å². The Balaban J connectivity index is 1.67. The van der Waals surface area contributed by atoms with E-state index in [4.69, 9.17) is 4.42 Å². The van der Waals surface area contributed by atoms with Crippen LogP contribution in [0.15, 0.2) is 22.8 Å². The van der Waals surface area contributed by atoms with Gasteiger partial charge in [0.15, 0.2) is 0 Å². The SMILES string of the molecule is CNCC1(CN(Cc2ccco2)C2CC2)CCCCC1. The smallest absolute Gasteiger partial charge is 0.117 e. The second kappa shape index (κ2) is 6.31. The molecule has 112 valence electrons. The monoisotopic (exact) mass is 276 g/mol. The predicted octanol–water partition coefficient (Wildman–Crippen LogP) is 3.41. The summed E-state index contributed by atoms with van der Waals surface area (Å²) in [6.45, 7) is 3.39. The van der Waals surface area contributed by atoms with Crippen molar-refractivity contribution < 1.29 is 4.42 Å². The number of rotatable bonds is 7. The highest BCUT2D eigenvalue weighted by Gasteiger charge is 2.38. The molecule has 1 heterocycles. The summed E-state index contributed by atoms with van der Waals surface area (Å²) in [5, 5.41) is 3.45. The fourth-order valence-electron chi connectivity index (χ4n) is 3.85. The van der Waals surface area contributed by atoms with Crippen LogP contribution in [0.25, 0.3) is 0 Å². The molecular formula is C17H28N2O. The van der Waals surface area contributed by atoms with Crippen molar-refractivity contribution in [3.63, 3.8) is 0 Å². The molecule has 1 N–H and O–H groups in total. The van der Waals surface area contributed by atoms with E-state index in [2.05, 4.69) is 23.3 Å². The number of hydrogen-bond donors (Lipinski definition) is 1. The molecule has 20 heavy (non-hydrogen) atoms. The Morgan fingerprint density at radius 1 is 1.30 bits per heavy atom. The first-order chi connectivity index (χ1) is 9.81. The van der Waals surface area contributed by atoms with Crippen LogP contribution < -0.4 is 5.32 Å². The Bertz CT molecular complexity index is 386. The summed E-state index contributed by atoms with van der Waals surface area (Å²) in [6, 6.07) is 4.92. The lowest BCUT2D eigenvalue weighted by atomic mass is 9.73. The molecule has 0 saturated heterocycles. The van der Waals surface area contributed by atoms with Gasteiger partial charge in [-0.05, 0) is 50.3 Å². The molecule has 2 aliphatic rings. The van der Waals surface area contributed by atoms with Crippen LogP contribution in [0.2, 0.25) is 0 Å². The van der Waals surface area contributed by atoms with Gasteiger partial charge >= 0.3 is 0 Å². The topological polar surface area (TPSA) is 28.4 Å². The third kappa shape index (κ3) is 3.44. The van der Waals surface area contributed by atoms with Gasteiger partial charge in [0.25, 0.3) is 0 Å². The summed E-state index contributed by atoms with van der Waals surface area (Å²) < 4.78 is 5.57. The molecule has 0 aliphatic heterocycles. The zero-order chi connectivity index (χ0) is 13.8. The number of nitrogens with one attached hydrogen (secondary N) is 1. The molecule has 0 spiro atoms. The van der Waals surface area contributed by atoms with Crippen molar-refractivity contribution in [3.8, 4) is 0 Å². The summed E-state index contributed by atoms with van der Waals surface area (Å²) in [7, 11) is 2.10. The van der Waals surface area contributed by atoms with Gasteiger partial charge in [-0.15, -0.1) is 0 Å². The predicted molar refractivity (Wildman–Crippen MR) is 81.6 cm³/mol. The highest BCUT2D eigenvalue weighted by atomic mass is 16.3. The van der Waals surface area contributed by atoms with Crippen LogP contribution >= 0.6 is 0 Å². The van der Waals surface area contributed by atoms with Crippen molar-refractivity contribution in [2.75, 3.05) is 20.1 Å². The Kier molecular flexibility index (Phi) is 4.47. The Hall–Kier alpha value is -0.800. The van der Waals surface area contributed by atoms with E-state index in [0.29, 0.717) is 5.41 Å². The summed E-state index contributed by atoms with van der Waals surface area (Å²) in [5.41, 5.74) is 0.488. The third-order valence-corrected chi connectivity index (χ3v) is 5.01. The number of nitrogens with zero attached hydrogens (tertiary/aromatic N) is 1. The van der Waals surface area contributed by atoms with Crippen molar-refractivity contribution in [3.05, 3.63) is 24.2 Å². The molecule has 2 saturated carbocycles. The van der Waals surface area contributed by atoms with Crippen molar-refractivity contribution in [1.82, 2.24) is 10.2 Å². The first kappa shape index (κ1) is 14.2. The zero-order valence-electron chi connectivity index (χ0n) is 12.7. The highest BCUT2D eigenvalue weighted by molar-refractivity contribution is 5.01. The second-order valence-corrected chi connectivity index (χ2v) is 6.81. The van der Waals surface area contributed by atoms with Crippen molar-refractivity contribution in [2.45, 2.75) is 57.5 Å². The van der Waals surface area contributed by atoms with Gasteiger partial charge in [0.2, 0.25) is 0 Å². The maximum absolute atomic E-state index is 5.57. The third-order valence-electron chi connectivity index (χ3n) is 5.01. The molecule has 0 atom stereocenters. The molecule has 0 aromatic carbocycles. The van der Waals surface area contributed by atoms with Gasteiger partial charge in [-0.3, -0.25) is 4.90 Å². The van der Waals surface area contributed by atoms with E-state index in [0.717, 1.165) is 24.9 Å². The molecule has 0 amide bonds. The molecule has 0 bridgehead atoms. The maximum atomic E-state index is 5.57. The fourth-order valence-corrected chi connectivity index (χ4v) is 3.85. The standard InChI is InChI=1S/C17H28N2O/c1-18-13-17(9-3-2-4-10-17)14-19(15-7-8-15)12-16-6-5-11-20-16/h5-6,11,15,18H,2-4,7-10,12-14H2,1H3. The molecule has 2 aliphatic carbocycles. The van der Waals surface area contributed by atoms with E-state index >= 15 is 0 Å². The first-order valence-corrected chi connectivity index (χ1v) is 8.22. The molecule has 2 fully saturated rings. The van der Waals surface area contributed by atoms with Crippen molar-refractivity contribution in [1.29, 1.82) is 0 Å². The van der Waals surface area contributed by atoms with E-state index in [1.54, 1.807) is 6.26 Å². The van der Waals surface area contributed by atoms with E-state index < -0.39 is 0 Å². The van der Waals surface area contributed by atoms with Crippen LogP contribution in [0.5, 0.6) is 0 Å². The second-order valence-electron chi connectivity index (χ2n) is 6.81. The van der Waals surface area contributed by atoms with Crippen LogP contribution in [0, 0.1) is 5.41 Å². The van der Waals surface area contributed by atoms with Crippen LogP contribution in [-0.4, -0.2) is 31.1 Å². The first-order valence-electron chi connectivity index (χ1n) is 8.22. The average molecular weight is 276 g/mol. The number of hydrogen-bond acceptors (Lipinski definition) is 3.